The number of amides is 1. The fraction of sp³-hybridized carbons (Fsp3) is 0.923. The Morgan fingerprint density at radius 3 is 2.50 bits per heavy atom. The number of piperidine rings is 1. The van der Waals surface area contributed by atoms with E-state index in [1.165, 1.54) is 0 Å². The van der Waals surface area contributed by atoms with Crippen LogP contribution in [0.25, 0.3) is 0 Å². The van der Waals surface area contributed by atoms with Gasteiger partial charge < -0.3 is 15.4 Å². The predicted molar refractivity (Wildman–Crippen MR) is 88.5 cm³/mol. The van der Waals surface area contributed by atoms with Gasteiger partial charge in [0.2, 0.25) is 15.9 Å². The second-order valence-corrected chi connectivity index (χ2v) is 7.34. The molecule has 1 saturated heterocycles. The average Bonchev–Trinajstić information content (AvgIpc) is 2.45. The maximum atomic E-state index is 12.0. The molecule has 1 aliphatic rings. The first-order valence-electron chi connectivity index (χ1n) is 7.44. The standard InChI is InChI=1S/C13H27N3O4S.ClH/c1-3-20-8-9-21(18,19)15-10-13(17)16-6-4-12(5-7-16)11(2)14;/h11-12,15H,3-10,14H2,1-2H3;1H. The van der Waals surface area contributed by atoms with Crippen molar-refractivity contribution in [3.8, 4) is 0 Å². The minimum Gasteiger partial charge on any atom is -0.381 e. The van der Waals surface area contributed by atoms with Crippen molar-refractivity contribution in [2.45, 2.75) is 32.7 Å². The van der Waals surface area contributed by atoms with Crippen LogP contribution >= 0.6 is 12.4 Å². The molecule has 9 heteroatoms. The van der Waals surface area contributed by atoms with Gasteiger partial charge in [-0.05, 0) is 32.6 Å². The molecule has 7 nitrogen and oxygen atoms in total. The Balaban J connectivity index is 0.00000441. The van der Waals surface area contributed by atoms with Gasteiger partial charge >= 0.3 is 0 Å². The Bertz CT molecular complexity index is 423. The summed E-state index contributed by atoms with van der Waals surface area (Å²) < 4.78 is 30.6. The van der Waals surface area contributed by atoms with E-state index < -0.39 is 10.0 Å². The zero-order valence-corrected chi connectivity index (χ0v) is 14.9. The molecule has 1 aliphatic heterocycles. The molecule has 1 fully saturated rings. The van der Waals surface area contributed by atoms with Crippen LogP contribution in [0, 0.1) is 5.92 Å². The summed E-state index contributed by atoms with van der Waals surface area (Å²) in [5.41, 5.74) is 5.86. The summed E-state index contributed by atoms with van der Waals surface area (Å²) in [5.74, 6) is 0.135. The van der Waals surface area contributed by atoms with Gasteiger partial charge in [-0.3, -0.25) is 4.79 Å². The molecule has 132 valence electrons. The summed E-state index contributed by atoms with van der Waals surface area (Å²) >= 11 is 0. The predicted octanol–water partition coefficient (Wildman–Crippen LogP) is -0.0501. The molecule has 0 aromatic heterocycles. The number of hydrogen-bond donors (Lipinski definition) is 2. The molecule has 0 aromatic rings. The number of nitrogens with one attached hydrogen (secondary N) is 1. The van der Waals surface area contributed by atoms with E-state index in [0.29, 0.717) is 25.6 Å². The highest BCUT2D eigenvalue weighted by Gasteiger charge is 2.25. The molecule has 0 aromatic carbocycles. The van der Waals surface area contributed by atoms with Gasteiger partial charge in [-0.25, -0.2) is 13.1 Å². The first-order chi connectivity index (χ1) is 9.85. The van der Waals surface area contributed by atoms with Crippen molar-refractivity contribution in [1.82, 2.24) is 9.62 Å². The molecule has 1 heterocycles. The van der Waals surface area contributed by atoms with E-state index in [4.69, 9.17) is 10.5 Å². The molecule has 1 unspecified atom stereocenters. The molecule has 0 aliphatic carbocycles. The van der Waals surface area contributed by atoms with Crippen LogP contribution in [0.1, 0.15) is 26.7 Å². The maximum absolute atomic E-state index is 12.0. The molecule has 22 heavy (non-hydrogen) atoms. The number of carbonyl (C=O) groups excluding carboxylic acids is 1. The second-order valence-electron chi connectivity index (χ2n) is 5.41. The fourth-order valence-corrected chi connectivity index (χ4v) is 3.17. The average molecular weight is 358 g/mol. The van der Waals surface area contributed by atoms with Gasteiger partial charge in [0.25, 0.3) is 0 Å². The molecule has 3 N–H and O–H groups in total. The van der Waals surface area contributed by atoms with E-state index in [-0.39, 0.29) is 43.3 Å². The lowest BCUT2D eigenvalue weighted by Crippen LogP contribution is -2.46. The molecular weight excluding hydrogens is 330 g/mol. The van der Waals surface area contributed by atoms with Gasteiger partial charge in [-0.15, -0.1) is 12.4 Å². The van der Waals surface area contributed by atoms with Gasteiger partial charge in [0, 0.05) is 25.7 Å². The van der Waals surface area contributed by atoms with E-state index in [2.05, 4.69) is 4.72 Å². The third-order valence-corrected chi connectivity index (χ3v) is 5.07. The topological polar surface area (TPSA) is 102 Å². The molecule has 0 spiro atoms. The van der Waals surface area contributed by atoms with Gasteiger partial charge in [-0.2, -0.15) is 0 Å². The summed E-state index contributed by atoms with van der Waals surface area (Å²) in [7, 11) is -3.45. The molecule has 0 bridgehead atoms. The molecule has 1 amide bonds. The van der Waals surface area contributed by atoms with E-state index in [1.807, 2.05) is 6.92 Å². The van der Waals surface area contributed by atoms with Crippen molar-refractivity contribution in [1.29, 1.82) is 0 Å². The maximum Gasteiger partial charge on any atom is 0.237 e. The number of ether oxygens (including phenoxy) is 1. The normalized spacial score (nSPS) is 17.9. The number of likely N-dealkylation sites (tertiary alicyclic amines) is 1. The summed E-state index contributed by atoms with van der Waals surface area (Å²) in [4.78, 5) is 13.7. The second kappa shape index (κ2) is 10.4. The fourth-order valence-electron chi connectivity index (χ4n) is 2.34. The first-order valence-corrected chi connectivity index (χ1v) is 9.09. The third kappa shape index (κ3) is 7.73. The highest BCUT2D eigenvalue weighted by molar-refractivity contribution is 7.89. The number of nitrogens with two attached hydrogens (primary N) is 1. The van der Waals surface area contributed by atoms with Gasteiger partial charge in [0.05, 0.1) is 18.9 Å². The van der Waals surface area contributed by atoms with Crippen molar-refractivity contribution >= 4 is 28.3 Å². The van der Waals surface area contributed by atoms with Crippen LogP contribution in [-0.2, 0) is 19.6 Å². The zero-order valence-electron chi connectivity index (χ0n) is 13.3. The molecular formula is C13H28ClN3O4S. The highest BCUT2D eigenvalue weighted by atomic mass is 35.5. The Morgan fingerprint density at radius 2 is 2.00 bits per heavy atom. The van der Waals surface area contributed by atoms with E-state index >= 15 is 0 Å². The smallest absolute Gasteiger partial charge is 0.237 e. The largest absolute Gasteiger partial charge is 0.381 e. The molecule has 1 rings (SSSR count). The van der Waals surface area contributed by atoms with E-state index in [1.54, 1.807) is 11.8 Å². The highest BCUT2D eigenvalue weighted by Crippen LogP contribution is 2.19. The summed E-state index contributed by atoms with van der Waals surface area (Å²) in [6.45, 7) is 5.50. The Labute approximate surface area is 139 Å². The number of hydrogen-bond acceptors (Lipinski definition) is 5. The molecule has 0 radical (unpaired) electrons. The Hall–Kier alpha value is -0.410. The van der Waals surface area contributed by atoms with Crippen LogP contribution in [0.4, 0.5) is 0 Å². The van der Waals surface area contributed by atoms with Crippen molar-refractivity contribution in [3.63, 3.8) is 0 Å². The molecule has 0 saturated carbocycles. The number of carbonyl (C=O) groups is 1. The van der Waals surface area contributed by atoms with Crippen molar-refractivity contribution in [2.75, 3.05) is 38.6 Å². The van der Waals surface area contributed by atoms with Crippen LogP contribution in [-0.4, -0.2) is 63.9 Å². The molecule has 1 atom stereocenters. The van der Waals surface area contributed by atoms with Crippen LogP contribution in [0.15, 0.2) is 0 Å². The monoisotopic (exact) mass is 357 g/mol. The van der Waals surface area contributed by atoms with Crippen molar-refractivity contribution in [2.24, 2.45) is 11.7 Å². The number of rotatable bonds is 8. The Morgan fingerprint density at radius 1 is 1.41 bits per heavy atom. The van der Waals surface area contributed by atoms with Crippen LogP contribution in [0.5, 0.6) is 0 Å². The van der Waals surface area contributed by atoms with Crippen molar-refractivity contribution < 1.29 is 17.9 Å². The SMILES string of the molecule is CCOCCS(=O)(=O)NCC(=O)N1CCC(C(C)N)CC1.Cl. The van der Waals surface area contributed by atoms with Crippen molar-refractivity contribution in [3.05, 3.63) is 0 Å². The summed E-state index contributed by atoms with van der Waals surface area (Å²) in [5, 5.41) is 0. The van der Waals surface area contributed by atoms with Crippen LogP contribution in [0.2, 0.25) is 0 Å². The zero-order chi connectivity index (χ0) is 15.9. The van der Waals surface area contributed by atoms with E-state index in [0.717, 1.165) is 12.8 Å². The summed E-state index contributed by atoms with van der Waals surface area (Å²) in [6, 6.07) is 0.138. The lowest BCUT2D eigenvalue weighted by Gasteiger charge is -2.33. The number of nitrogens with zero attached hydrogens (tertiary/aromatic N) is 1. The van der Waals surface area contributed by atoms with Crippen LogP contribution in [0.3, 0.4) is 0 Å². The third-order valence-electron chi connectivity index (χ3n) is 3.78. The number of halogens is 1. The van der Waals surface area contributed by atoms with Gasteiger partial charge in [0.15, 0.2) is 0 Å². The quantitative estimate of drug-likeness (QED) is 0.593. The first kappa shape index (κ1) is 21.6. The lowest BCUT2D eigenvalue weighted by atomic mass is 9.91. The Kier molecular flexibility index (Phi) is 10.2. The van der Waals surface area contributed by atoms with E-state index in [9.17, 15) is 13.2 Å². The van der Waals surface area contributed by atoms with Gasteiger partial charge in [0.1, 0.15) is 0 Å². The minimum atomic E-state index is -3.45. The van der Waals surface area contributed by atoms with Gasteiger partial charge in [-0.1, -0.05) is 0 Å². The van der Waals surface area contributed by atoms with Crippen LogP contribution < -0.4 is 10.5 Å². The minimum absolute atomic E-state index is 0. The number of sulfonamides is 1. The lowest BCUT2D eigenvalue weighted by molar-refractivity contribution is -0.131. The summed E-state index contributed by atoms with van der Waals surface area (Å²) in [6.07, 6.45) is 1.75.